The summed E-state index contributed by atoms with van der Waals surface area (Å²) >= 11 is 11.8. The number of phenolic OH excluding ortho intramolecular Hbond substituents is 1. The minimum absolute atomic E-state index is 0.109. The fourth-order valence-corrected chi connectivity index (χ4v) is 3.97. The van der Waals surface area contributed by atoms with Crippen molar-refractivity contribution in [3.63, 3.8) is 0 Å². The average molecular weight is 540 g/mol. The van der Waals surface area contributed by atoms with Crippen molar-refractivity contribution in [2.24, 2.45) is 10.7 Å². The van der Waals surface area contributed by atoms with Gasteiger partial charge in [-0.3, -0.25) is 4.90 Å². The molecule has 13 heteroatoms. The van der Waals surface area contributed by atoms with E-state index in [1.807, 2.05) is 0 Å². The molecule has 2 aromatic carbocycles. The number of guanidine groups is 1. The first-order valence-electron chi connectivity index (χ1n) is 10.9. The average Bonchev–Trinajstić information content (AvgIpc) is 3.31. The van der Waals surface area contributed by atoms with Gasteiger partial charge in [-0.1, -0.05) is 23.2 Å². The van der Waals surface area contributed by atoms with Crippen molar-refractivity contribution in [1.29, 1.82) is 0 Å². The van der Waals surface area contributed by atoms with E-state index in [9.17, 15) is 18.3 Å². The first-order valence-corrected chi connectivity index (χ1v) is 11.7. The van der Waals surface area contributed by atoms with E-state index in [1.165, 1.54) is 18.2 Å². The van der Waals surface area contributed by atoms with Gasteiger partial charge in [-0.05, 0) is 62.3 Å². The number of nitrogens with two attached hydrogens (primary N) is 1. The van der Waals surface area contributed by atoms with Gasteiger partial charge in [0.2, 0.25) is 5.96 Å². The fraction of sp³-hybridized carbons (Fsp3) is 0.261. The van der Waals surface area contributed by atoms with Crippen molar-refractivity contribution >= 4 is 52.3 Å². The third kappa shape index (κ3) is 6.68. The zero-order valence-corrected chi connectivity index (χ0v) is 20.3. The van der Waals surface area contributed by atoms with Crippen molar-refractivity contribution < 1.29 is 18.3 Å². The summed E-state index contributed by atoms with van der Waals surface area (Å²) in [7, 11) is 0. The number of nitrogens with one attached hydrogen (secondary N) is 2. The number of aliphatic imine (C=N–C) groups is 1. The van der Waals surface area contributed by atoms with Crippen LogP contribution in [0.25, 0.3) is 0 Å². The zero-order chi connectivity index (χ0) is 25.9. The van der Waals surface area contributed by atoms with Crippen molar-refractivity contribution in [1.82, 2.24) is 14.9 Å². The standard InChI is InChI=1S/C23H22Cl2F3N7O/c24-16-5-3-15(10-17(16)25)31-21(29)34-22-32-19(23(26,27)28)11-20(33-22)30-14-4-6-18(36)13(9-14)12-35-7-1-2-8-35/h3-6,9-11,36H,1-2,7-8,12H2,(H4,29,30,31,32,33,34). The highest BCUT2D eigenvalue weighted by atomic mass is 35.5. The van der Waals surface area contributed by atoms with Crippen molar-refractivity contribution in [3.8, 4) is 5.75 Å². The minimum atomic E-state index is -4.74. The summed E-state index contributed by atoms with van der Waals surface area (Å²) in [6.07, 6.45) is -2.57. The predicted octanol–water partition coefficient (Wildman–Crippen LogP) is 5.91. The number of likely N-dealkylation sites (tertiary alicyclic amines) is 1. The van der Waals surface area contributed by atoms with Gasteiger partial charge in [0.1, 0.15) is 11.6 Å². The molecular weight excluding hydrogens is 518 g/mol. The molecule has 3 aromatic rings. The van der Waals surface area contributed by atoms with Crippen molar-refractivity contribution in [3.05, 3.63) is 63.8 Å². The molecule has 1 aliphatic rings. The second-order valence-electron chi connectivity index (χ2n) is 8.14. The molecule has 1 aromatic heterocycles. The van der Waals surface area contributed by atoms with Crippen LogP contribution in [0.15, 0.2) is 47.5 Å². The lowest BCUT2D eigenvalue weighted by molar-refractivity contribution is -0.141. The Morgan fingerprint density at radius 3 is 2.44 bits per heavy atom. The van der Waals surface area contributed by atoms with Crippen LogP contribution in [0.5, 0.6) is 5.75 Å². The van der Waals surface area contributed by atoms with Gasteiger partial charge in [0.15, 0.2) is 5.69 Å². The smallest absolute Gasteiger partial charge is 0.433 e. The molecule has 4 rings (SSSR count). The molecule has 1 saturated heterocycles. The molecule has 0 bridgehead atoms. The van der Waals surface area contributed by atoms with Gasteiger partial charge >= 0.3 is 6.18 Å². The Kier molecular flexibility index (Phi) is 7.72. The Hall–Kier alpha value is -3.28. The van der Waals surface area contributed by atoms with E-state index >= 15 is 0 Å². The van der Waals surface area contributed by atoms with Crippen LogP contribution in [0.4, 0.5) is 36.3 Å². The Labute approximate surface area is 215 Å². The topological polar surface area (TPSA) is 112 Å². The van der Waals surface area contributed by atoms with E-state index in [4.69, 9.17) is 28.9 Å². The summed E-state index contributed by atoms with van der Waals surface area (Å²) in [6.45, 7) is 2.39. The summed E-state index contributed by atoms with van der Waals surface area (Å²) in [5.41, 5.74) is 6.18. The number of phenols is 1. The fourth-order valence-electron chi connectivity index (χ4n) is 3.67. The number of benzene rings is 2. The van der Waals surface area contributed by atoms with Crippen LogP contribution in [0.1, 0.15) is 24.1 Å². The lowest BCUT2D eigenvalue weighted by Gasteiger charge is -2.17. The van der Waals surface area contributed by atoms with E-state index in [0.29, 0.717) is 28.5 Å². The second kappa shape index (κ2) is 10.8. The third-order valence-corrected chi connectivity index (χ3v) is 6.10. The summed E-state index contributed by atoms with van der Waals surface area (Å²) < 4.78 is 40.6. The Morgan fingerprint density at radius 1 is 1.03 bits per heavy atom. The highest BCUT2D eigenvalue weighted by molar-refractivity contribution is 6.42. The van der Waals surface area contributed by atoms with Gasteiger partial charge in [-0.2, -0.15) is 23.1 Å². The maximum Gasteiger partial charge on any atom is 0.433 e. The molecule has 5 N–H and O–H groups in total. The van der Waals surface area contributed by atoms with Crippen LogP contribution in [0.2, 0.25) is 10.0 Å². The molecular formula is C23H22Cl2F3N7O. The third-order valence-electron chi connectivity index (χ3n) is 5.36. The zero-order valence-electron chi connectivity index (χ0n) is 18.8. The van der Waals surface area contributed by atoms with E-state index in [-0.39, 0.29) is 22.5 Å². The van der Waals surface area contributed by atoms with Crippen molar-refractivity contribution in [2.75, 3.05) is 23.7 Å². The molecule has 0 amide bonds. The molecule has 0 atom stereocenters. The molecule has 1 fully saturated rings. The summed E-state index contributed by atoms with van der Waals surface area (Å²) in [6, 6.07) is 10.1. The summed E-state index contributed by atoms with van der Waals surface area (Å²) in [4.78, 5) is 13.6. The molecule has 0 saturated carbocycles. The van der Waals surface area contributed by atoms with E-state index in [2.05, 4.69) is 30.5 Å². The normalized spacial score (nSPS) is 14.8. The van der Waals surface area contributed by atoms with Crippen LogP contribution in [0, 0.1) is 0 Å². The summed E-state index contributed by atoms with van der Waals surface area (Å²) in [5, 5.41) is 16.4. The van der Waals surface area contributed by atoms with E-state index in [0.717, 1.165) is 32.0 Å². The maximum atomic E-state index is 13.5. The number of nitrogens with zero attached hydrogens (tertiary/aromatic N) is 4. The Balaban J connectivity index is 1.59. The van der Waals surface area contributed by atoms with Crippen LogP contribution in [-0.2, 0) is 12.7 Å². The number of rotatable bonds is 6. The number of hydrogen-bond acceptors (Lipinski definition) is 6. The summed E-state index contributed by atoms with van der Waals surface area (Å²) in [5.74, 6) is -0.793. The lowest BCUT2D eigenvalue weighted by Crippen LogP contribution is -2.22. The van der Waals surface area contributed by atoms with Crippen LogP contribution in [-0.4, -0.2) is 39.0 Å². The highest BCUT2D eigenvalue weighted by Crippen LogP contribution is 2.32. The first kappa shape index (κ1) is 25.8. The number of hydrogen-bond donors (Lipinski definition) is 4. The van der Waals surface area contributed by atoms with Crippen molar-refractivity contribution in [2.45, 2.75) is 25.6 Å². The number of halogens is 5. The second-order valence-corrected chi connectivity index (χ2v) is 8.95. The molecule has 36 heavy (non-hydrogen) atoms. The van der Waals surface area contributed by atoms with Crippen LogP contribution in [0.3, 0.4) is 0 Å². The molecule has 0 aliphatic carbocycles. The molecule has 2 heterocycles. The highest BCUT2D eigenvalue weighted by Gasteiger charge is 2.34. The SMILES string of the molecule is NC(=Nc1nc(Nc2ccc(O)c(CN3CCCC3)c2)cc(C(F)(F)F)n1)Nc1ccc(Cl)c(Cl)c1. The molecule has 190 valence electrons. The Bertz CT molecular complexity index is 1280. The van der Waals surface area contributed by atoms with Gasteiger partial charge in [-0.15, -0.1) is 0 Å². The quantitative estimate of drug-likeness (QED) is 0.175. The van der Waals surface area contributed by atoms with Gasteiger partial charge in [0.25, 0.3) is 5.95 Å². The van der Waals surface area contributed by atoms with Gasteiger partial charge in [-0.25, -0.2) is 4.98 Å². The molecule has 0 unspecified atom stereocenters. The first-order chi connectivity index (χ1) is 17.1. The Morgan fingerprint density at radius 2 is 1.75 bits per heavy atom. The number of aromatic nitrogens is 2. The van der Waals surface area contributed by atoms with Crippen LogP contribution < -0.4 is 16.4 Å². The predicted molar refractivity (Wildman–Crippen MR) is 134 cm³/mol. The molecule has 0 spiro atoms. The molecule has 0 radical (unpaired) electrons. The van der Waals surface area contributed by atoms with Gasteiger partial charge < -0.3 is 21.5 Å². The number of alkyl halides is 3. The van der Waals surface area contributed by atoms with Gasteiger partial charge in [0.05, 0.1) is 10.0 Å². The number of anilines is 3. The largest absolute Gasteiger partial charge is 0.508 e. The molecule has 1 aliphatic heterocycles. The monoisotopic (exact) mass is 539 g/mol. The maximum absolute atomic E-state index is 13.5. The molecule has 8 nitrogen and oxygen atoms in total. The lowest BCUT2D eigenvalue weighted by atomic mass is 10.1. The van der Waals surface area contributed by atoms with Crippen LogP contribution >= 0.6 is 23.2 Å². The van der Waals surface area contributed by atoms with Gasteiger partial charge in [0, 0.05) is 29.5 Å². The van der Waals surface area contributed by atoms with E-state index < -0.39 is 17.8 Å². The number of aromatic hydroxyl groups is 1. The van der Waals surface area contributed by atoms with E-state index in [1.54, 1.807) is 18.2 Å². The minimum Gasteiger partial charge on any atom is -0.508 e.